The van der Waals surface area contributed by atoms with E-state index in [1.807, 2.05) is 31.4 Å². The Morgan fingerprint density at radius 2 is 1.81 bits per heavy atom. The molecule has 9 heteroatoms. The molecule has 1 fully saturated rings. The first kappa shape index (κ1) is 25.1. The normalized spacial score (nSPS) is 21.1. The molecule has 36 heavy (non-hydrogen) atoms. The molecule has 0 saturated heterocycles. The van der Waals surface area contributed by atoms with Gasteiger partial charge in [-0.1, -0.05) is 26.0 Å². The van der Waals surface area contributed by atoms with Crippen molar-refractivity contribution in [2.24, 2.45) is 11.0 Å². The Hall–Kier alpha value is -2.59. The van der Waals surface area contributed by atoms with Gasteiger partial charge in [0.15, 0.2) is 0 Å². The smallest absolute Gasteiger partial charge is 0.267 e. The minimum atomic E-state index is -3.58. The van der Waals surface area contributed by atoms with E-state index in [1.54, 1.807) is 39.8 Å². The lowest BCUT2D eigenvalue weighted by molar-refractivity contribution is 0.0684. The predicted molar refractivity (Wildman–Crippen MR) is 147 cm³/mol. The van der Waals surface area contributed by atoms with E-state index in [9.17, 15) is 13.2 Å². The maximum Gasteiger partial charge on any atom is 0.274 e. The maximum absolute atomic E-state index is 13.8. The van der Waals surface area contributed by atoms with Gasteiger partial charge in [-0.25, -0.2) is 13.4 Å². The average Bonchev–Trinajstić information content (AvgIpc) is 3.65. The molecule has 2 atom stereocenters. The number of thiophene rings is 2. The van der Waals surface area contributed by atoms with Crippen LogP contribution >= 0.6 is 22.7 Å². The summed E-state index contributed by atoms with van der Waals surface area (Å²) in [5.41, 5.74) is 2.63. The van der Waals surface area contributed by atoms with Crippen LogP contribution in [0.1, 0.15) is 59.3 Å². The van der Waals surface area contributed by atoms with Gasteiger partial charge in [0.25, 0.3) is 5.91 Å². The molecule has 5 rings (SSSR count). The highest BCUT2D eigenvalue weighted by Crippen LogP contribution is 2.46. The predicted octanol–water partition coefficient (Wildman–Crippen LogP) is 6.28. The SMILES string of the molecule is CCN(CC)S(=O)(=O)c1ccc(C(=O)N2N=C3C(=Cc4cccs4)CCCC3C2c2cccs2)cc1. The quantitative estimate of drug-likeness (QED) is 0.355. The summed E-state index contributed by atoms with van der Waals surface area (Å²) in [7, 11) is -3.58. The molecule has 0 bridgehead atoms. The van der Waals surface area contributed by atoms with E-state index in [2.05, 4.69) is 23.6 Å². The Labute approximate surface area is 220 Å². The van der Waals surface area contributed by atoms with E-state index in [0.717, 1.165) is 29.9 Å². The van der Waals surface area contributed by atoms with Gasteiger partial charge >= 0.3 is 0 Å². The molecule has 0 spiro atoms. The van der Waals surface area contributed by atoms with Crippen molar-refractivity contribution in [1.82, 2.24) is 9.31 Å². The molecular formula is C27H29N3O3S3. The van der Waals surface area contributed by atoms with Crippen LogP contribution in [0.15, 0.2) is 74.9 Å². The van der Waals surface area contributed by atoms with E-state index in [1.165, 1.54) is 26.9 Å². The van der Waals surface area contributed by atoms with Crippen LogP contribution in [0.2, 0.25) is 0 Å². The second kappa shape index (κ2) is 10.4. The minimum absolute atomic E-state index is 0.148. The van der Waals surface area contributed by atoms with E-state index in [4.69, 9.17) is 5.10 Å². The highest BCUT2D eigenvalue weighted by atomic mass is 32.2. The molecular weight excluding hydrogens is 511 g/mol. The van der Waals surface area contributed by atoms with Crippen molar-refractivity contribution in [2.75, 3.05) is 13.1 Å². The second-order valence-corrected chi connectivity index (χ2v) is 12.8. The van der Waals surface area contributed by atoms with Crippen molar-refractivity contribution < 1.29 is 13.2 Å². The molecule has 2 unspecified atom stereocenters. The monoisotopic (exact) mass is 539 g/mol. The third kappa shape index (κ3) is 4.61. The summed E-state index contributed by atoms with van der Waals surface area (Å²) in [5, 5.41) is 10.7. The van der Waals surface area contributed by atoms with Crippen molar-refractivity contribution in [3.8, 4) is 0 Å². The van der Waals surface area contributed by atoms with Gasteiger partial charge in [0, 0.05) is 34.3 Å². The molecule has 2 aromatic heterocycles. The lowest BCUT2D eigenvalue weighted by Gasteiger charge is -2.28. The number of fused-ring (bicyclic) bond motifs is 1. The molecule has 3 heterocycles. The summed E-state index contributed by atoms with van der Waals surface area (Å²) in [4.78, 5) is 16.3. The van der Waals surface area contributed by atoms with Crippen molar-refractivity contribution in [3.63, 3.8) is 0 Å². The van der Waals surface area contributed by atoms with Gasteiger partial charge in [-0.3, -0.25) is 4.79 Å². The summed E-state index contributed by atoms with van der Waals surface area (Å²) in [5.74, 6) is -0.0626. The summed E-state index contributed by atoms with van der Waals surface area (Å²) < 4.78 is 27.2. The topological polar surface area (TPSA) is 70.1 Å². The minimum Gasteiger partial charge on any atom is -0.267 e. The average molecular weight is 540 g/mol. The lowest BCUT2D eigenvalue weighted by Crippen LogP contribution is -2.32. The van der Waals surface area contributed by atoms with Crippen LogP contribution in [0.5, 0.6) is 0 Å². The molecule has 1 aliphatic carbocycles. The Balaban J connectivity index is 1.49. The van der Waals surface area contributed by atoms with Gasteiger partial charge in [-0.15, -0.1) is 22.7 Å². The number of hydrogen-bond donors (Lipinski definition) is 0. The van der Waals surface area contributed by atoms with Crippen molar-refractivity contribution in [1.29, 1.82) is 0 Å². The fourth-order valence-corrected chi connectivity index (χ4v) is 8.08. The van der Waals surface area contributed by atoms with Crippen LogP contribution in [0, 0.1) is 5.92 Å². The van der Waals surface area contributed by atoms with Gasteiger partial charge < -0.3 is 0 Å². The number of carbonyl (C=O) groups excluding carboxylic acids is 1. The van der Waals surface area contributed by atoms with Gasteiger partial charge in [0.2, 0.25) is 10.0 Å². The van der Waals surface area contributed by atoms with E-state index in [0.29, 0.717) is 18.7 Å². The zero-order chi connectivity index (χ0) is 25.3. The summed E-state index contributed by atoms with van der Waals surface area (Å²) in [6.45, 7) is 4.43. The number of hydrogen-bond acceptors (Lipinski definition) is 6. The van der Waals surface area contributed by atoms with Crippen LogP contribution in [0.4, 0.5) is 0 Å². The van der Waals surface area contributed by atoms with E-state index >= 15 is 0 Å². The van der Waals surface area contributed by atoms with Gasteiger partial charge in [0.1, 0.15) is 0 Å². The third-order valence-corrected chi connectivity index (χ3v) is 10.7. The molecule has 0 radical (unpaired) electrons. The molecule has 0 N–H and O–H groups in total. The van der Waals surface area contributed by atoms with Gasteiger partial charge in [0.05, 0.1) is 16.6 Å². The molecule has 188 valence electrons. The summed E-state index contributed by atoms with van der Waals surface area (Å²) in [6, 6.07) is 14.3. The molecule has 6 nitrogen and oxygen atoms in total. The standard InChI is InChI=1S/C27H29N3O3S3/c1-3-29(4-2)36(32,33)22-14-12-19(13-15-22)27(31)30-26(24-11-7-17-35-24)23-10-5-8-20(25(23)28-30)18-21-9-6-16-34-21/h6-7,9,11-18,23,26H,3-5,8,10H2,1-2H3. The number of carbonyl (C=O) groups is 1. The zero-order valence-electron chi connectivity index (χ0n) is 20.3. The number of rotatable bonds is 7. The second-order valence-electron chi connectivity index (χ2n) is 8.89. The Morgan fingerprint density at radius 1 is 1.08 bits per heavy atom. The molecule has 3 aromatic rings. The number of hydrazone groups is 1. The number of nitrogens with zero attached hydrogens (tertiary/aromatic N) is 3. The van der Waals surface area contributed by atoms with Crippen molar-refractivity contribution in [3.05, 3.63) is 80.2 Å². The Bertz CT molecular complexity index is 1370. The van der Waals surface area contributed by atoms with E-state index < -0.39 is 10.0 Å². The number of amides is 1. The molecule has 1 aromatic carbocycles. The molecule has 1 amide bonds. The van der Waals surface area contributed by atoms with Crippen LogP contribution in [-0.2, 0) is 10.0 Å². The lowest BCUT2D eigenvalue weighted by atomic mass is 9.79. The zero-order valence-corrected chi connectivity index (χ0v) is 22.8. The number of sulfonamides is 1. The number of allylic oxidation sites excluding steroid dienone is 1. The maximum atomic E-state index is 13.8. The summed E-state index contributed by atoms with van der Waals surface area (Å²) in [6.07, 6.45) is 5.20. The van der Waals surface area contributed by atoms with Crippen LogP contribution in [-0.4, -0.2) is 42.4 Å². The fourth-order valence-electron chi connectivity index (χ4n) is 5.07. The highest BCUT2D eigenvalue weighted by molar-refractivity contribution is 7.89. The molecule has 1 saturated carbocycles. The Kier molecular flexibility index (Phi) is 7.25. The molecule has 2 aliphatic rings. The fraction of sp³-hybridized carbons (Fsp3) is 0.333. The van der Waals surface area contributed by atoms with Crippen molar-refractivity contribution >= 4 is 50.4 Å². The van der Waals surface area contributed by atoms with Crippen LogP contribution in [0.25, 0.3) is 6.08 Å². The Morgan fingerprint density at radius 3 is 2.44 bits per heavy atom. The van der Waals surface area contributed by atoms with Crippen LogP contribution < -0.4 is 0 Å². The van der Waals surface area contributed by atoms with Crippen LogP contribution in [0.3, 0.4) is 0 Å². The number of benzene rings is 1. The first-order valence-corrected chi connectivity index (χ1v) is 15.4. The first-order valence-electron chi connectivity index (χ1n) is 12.2. The van der Waals surface area contributed by atoms with Gasteiger partial charge in [-0.05, 0) is 78.1 Å². The highest BCUT2D eigenvalue weighted by Gasteiger charge is 2.44. The first-order chi connectivity index (χ1) is 17.4. The van der Waals surface area contributed by atoms with E-state index in [-0.39, 0.29) is 22.8 Å². The van der Waals surface area contributed by atoms with Gasteiger partial charge in [-0.2, -0.15) is 9.41 Å². The summed E-state index contributed by atoms with van der Waals surface area (Å²) >= 11 is 3.34. The molecule has 1 aliphatic heterocycles. The van der Waals surface area contributed by atoms with Crippen molar-refractivity contribution in [2.45, 2.75) is 44.0 Å². The third-order valence-electron chi connectivity index (χ3n) is 6.85. The largest absolute Gasteiger partial charge is 0.274 e.